The molecule has 2 saturated heterocycles. The highest BCUT2D eigenvalue weighted by Crippen LogP contribution is 2.38. The maximum atomic E-state index is 13.2. The largest absolute Gasteiger partial charge is 0.462 e. The van der Waals surface area contributed by atoms with Crippen molar-refractivity contribution in [3.8, 4) is 0 Å². The molecule has 3 heterocycles. The second-order valence-electron chi connectivity index (χ2n) is 9.78. The third kappa shape index (κ3) is 6.48. The fraction of sp³-hybridized carbons (Fsp3) is 0.577. The SMILES string of the molecule is O=C(c1cnc[nH]1)N1CCCCC2(CCN(Cc3ccccc3)CC2)C(=O)OC[C@@H](O)[C@@H](O)CC1. The second kappa shape index (κ2) is 11.8. The van der Waals surface area contributed by atoms with E-state index in [1.165, 1.54) is 18.1 Å². The molecule has 1 spiro atoms. The third-order valence-electron chi connectivity index (χ3n) is 7.37. The van der Waals surface area contributed by atoms with Crippen molar-refractivity contribution in [1.29, 1.82) is 0 Å². The van der Waals surface area contributed by atoms with Crippen molar-refractivity contribution in [2.45, 2.75) is 57.3 Å². The number of nitrogens with one attached hydrogen (secondary N) is 1. The molecule has 0 bridgehead atoms. The molecule has 2 atom stereocenters. The quantitative estimate of drug-likeness (QED) is 0.570. The lowest BCUT2D eigenvalue weighted by Gasteiger charge is -2.40. The molecule has 2 aliphatic heterocycles. The normalized spacial score (nSPS) is 24.7. The number of aromatic nitrogens is 2. The number of ether oxygens (including phenoxy) is 1. The molecular weight excluding hydrogens is 448 g/mol. The van der Waals surface area contributed by atoms with Crippen molar-refractivity contribution < 1.29 is 24.5 Å². The van der Waals surface area contributed by atoms with Crippen LogP contribution in [0.4, 0.5) is 0 Å². The lowest BCUT2D eigenvalue weighted by molar-refractivity contribution is -0.165. The van der Waals surface area contributed by atoms with Crippen LogP contribution in [0.2, 0.25) is 0 Å². The summed E-state index contributed by atoms with van der Waals surface area (Å²) in [4.78, 5) is 36.9. The Kier molecular flexibility index (Phi) is 8.54. The summed E-state index contributed by atoms with van der Waals surface area (Å²) in [6.45, 7) is 2.99. The van der Waals surface area contributed by atoms with E-state index < -0.39 is 17.6 Å². The number of carbonyl (C=O) groups excluding carboxylic acids is 2. The summed E-state index contributed by atoms with van der Waals surface area (Å²) in [6.07, 6.45) is 4.43. The zero-order valence-electron chi connectivity index (χ0n) is 20.1. The predicted molar refractivity (Wildman–Crippen MR) is 129 cm³/mol. The zero-order valence-corrected chi connectivity index (χ0v) is 20.1. The van der Waals surface area contributed by atoms with Gasteiger partial charge in [0, 0.05) is 19.6 Å². The Morgan fingerprint density at radius 3 is 2.54 bits per heavy atom. The van der Waals surface area contributed by atoms with Crippen molar-refractivity contribution in [2.24, 2.45) is 5.41 Å². The lowest BCUT2D eigenvalue weighted by atomic mass is 9.74. The molecule has 1 aromatic heterocycles. The number of cyclic esters (lactones) is 1. The van der Waals surface area contributed by atoms with Gasteiger partial charge in [-0.05, 0) is 50.8 Å². The maximum absolute atomic E-state index is 13.2. The first kappa shape index (κ1) is 25.3. The molecule has 190 valence electrons. The summed E-state index contributed by atoms with van der Waals surface area (Å²) in [6, 6.07) is 10.3. The number of aliphatic hydroxyl groups excluding tert-OH is 2. The maximum Gasteiger partial charge on any atom is 0.312 e. The highest BCUT2D eigenvalue weighted by molar-refractivity contribution is 5.92. The Morgan fingerprint density at radius 1 is 1.06 bits per heavy atom. The van der Waals surface area contributed by atoms with Crippen molar-refractivity contribution in [1.82, 2.24) is 19.8 Å². The molecule has 4 rings (SSSR count). The van der Waals surface area contributed by atoms with E-state index >= 15 is 0 Å². The first-order valence-corrected chi connectivity index (χ1v) is 12.5. The Morgan fingerprint density at radius 2 is 1.83 bits per heavy atom. The van der Waals surface area contributed by atoms with Crippen LogP contribution in [0, 0.1) is 5.41 Å². The van der Waals surface area contributed by atoms with Crippen molar-refractivity contribution in [3.05, 3.63) is 54.1 Å². The van der Waals surface area contributed by atoms with Gasteiger partial charge in [0.25, 0.3) is 5.91 Å². The van der Waals surface area contributed by atoms with Crippen molar-refractivity contribution >= 4 is 11.9 Å². The number of rotatable bonds is 3. The number of benzene rings is 1. The van der Waals surface area contributed by atoms with Gasteiger partial charge in [-0.1, -0.05) is 36.8 Å². The number of hydrogen-bond acceptors (Lipinski definition) is 7. The predicted octanol–water partition coefficient (Wildman–Crippen LogP) is 1.97. The van der Waals surface area contributed by atoms with Crippen LogP contribution < -0.4 is 0 Å². The van der Waals surface area contributed by atoms with E-state index in [0.29, 0.717) is 38.0 Å². The Labute approximate surface area is 206 Å². The summed E-state index contributed by atoms with van der Waals surface area (Å²) >= 11 is 0. The molecule has 0 saturated carbocycles. The minimum atomic E-state index is -1.20. The average Bonchev–Trinajstić information content (AvgIpc) is 3.42. The number of likely N-dealkylation sites (tertiary alicyclic amines) is 1. The molecule has 0 radical (unpaired) electrons. The monoisotopic (exact) mass is 484 g/mol. The number of nitrogens with zero attached hydrogens (tertiary/aromatic N) is 3. The molecule has 2 aromatic rings. The number of imidazole rings is 1. The van der Waals surface area contributed by atoms with E-state index in [1.54, 1.807) is 4.90 Å². The molecule has 2 aliphatic rings. The Balaban J connectivity index is 1.42. The van der Waals surface area contributed by atoms with E-state index in [-0.39, 0.29) is 24.9 Å². The van der Waals surface area contributed by atoms with Gasteiger partial charge in [0.05, 0.1) is 24.0 Å². The number of aliphatic hydroxyl groups is 2. The smallest absolute Gasteiger partial charge is 0.312 e. The summed E-state index contributed by atoms with van der Waals surface area (Å²) in [5.41, 5.74) is 1.04. The van der Waals surface area contributed by atoms with Crippen LogP contribution in [0.15, 0.2) is 42.9 Å². The molecule has 0 unspecified atom stereocenters. The highest BCUT2D eigenvalue weighted by Gasteiger charge is 2.42. The van der Waals surface area contributed by atoms with Crippen LogP contribution in [0.3, 0.4) is 0 Å². The molecule has 35 heavy (non-hydrogen) atoms. The van der Waals surface area contributed by atoms with E-state index in [1.807, 2.05) is 18.2 Å². The molecular formula is C26H36N4O5. The summed E-state index contributed by atoms with van der Waals surface area (Å²) < 4.78 is 5.56. The molecule has 9 nitrogen and oxygen atoms in total. The minimum absolute atomic E-state index is 0.185. The van der Waals surface area contributed by atoms with E-state index in [9.17, 15) is 19.8 Å². The van der Waals surface area contributed by atoms with Gasteiger partial charge in [0.2, 0.25) is 0 Å². The average molecular weight is 485 g/mol. The van der Waals surface area contributed by atoms with E-state index in [4.69, 9.17) is 4.74 Å². The molecule has 3 N–H and O–H groups in total. The van der Waals surface area contributed by atoms with Gasteiger partial charge >= 0.3 is 5.97 Å². The minimum Gasteiger partial charge on any atom is -0.462 e. The second-order valence-corrected chi connectivity index (χ2v) is 9.78. The number of hydrogen-bond donors (Lipinski definition) is 3. The molecule has 1 aromatic carbocycles. The van der Waals surface area contributed by atoms with Gasteiger partial charge in [-0.3, -0.25) is 14.5 Å². The van der Waals surface area contributed by atoms with Crippen molar-refractivity contribution in [3.63, 3.8) is 0 Å². The fourth-order valence-electron chi connectivity index (χ4n) is 5.07. The molecule has 2 fully saturated rings. The summed E-state index contributed by atoms with van der Waals surface area (Å²) in [5.74, 6) is -0.469. The van der Waals surface area contributed by atoms with Crippen LogP contribution in [-0.2, 0) is 16.1 Å². The van der Waals surface area contributed by atoms with Gasteiger partial charge in [0.15, 0.2) is 0 Å². The third-order valence-corrected chi connectivity index (χ3v) is 7.37. The molecule has 9 heteroatoms. The Bertz CT molecular complexity index is 944. The van der Waals surface area contributed by atoms with Gasteiger partial charge < -0.3 is 24.8 Å². The number of aromatic amines is 1. The van der Waals surface area contributed by atoms with Gasteiger partial charge in [-0.25, -0.2) is 4.98 Å². The van der Waals surface area contributed by atoms with Gasteiger partial charge in [-0.15, -0.1) is 0 Å². The van der Waals surface area contributed by atoms with Gasteiger partial charge in [-0.2, -0.15) is 0 Å². The molecule has 0 aliphatic carbocycles. The Hall–Kier alpha value is -2.75. The van der Waals surface area contributed by atoms with Crippen molar-refractivity contribution in [2.75, 3.05) is 32.8 Å². The van der Waals surface area contributed by atoms with Crippen LogP contribution >= 0.6 is 0 Å². The van der Waals surface area contributed by atoms with Gasteiger partial charge in [0.1, 0.15) is 18.4 Å². The van der Waals surface area contributed by atoms with Crippen LogP contribution in [0.25, 0.3) is 0 Å². The number of carbonyl (C=O) groups is 2. The van der Waals surface area contributed by atoms with E-state index in [2.05, 4.69) is 27.0 Å². The lowest BCUT2D eigenvalue weighted by Crippen LogP contribution is -2.45. The van der Waals surface area contributed by atoms with Crippen LogP contribution in [0.1, 0.15) is 54.6 Å². The topological polar surface area (TPSA) is 119 Å². The number of esters is 1. The van der Waals surface area contributed by atoms with E-state index in [0.717, 1.165) is 32.5 Å². The number of amides is 1. The first-order chi connectivity index (χ1) is 17.0. The molecule has 1 amide bonds. The number of piperidine rings is 1. The summed E-state index contributed by atoms with van der Waals surface area (Å²) in [5, 5.41) is 20.8. The fourth-order valence-corrected chi connectivity index (χ4v) is 5.07. The summed E-state index contributed by atoms with van der Waals surface area (Å²) in [7, 11) is 0. The highest BCUT2D eigenvalue weighted by atomic mass is 16.5. The number of H-pyrrole nitrogens is 1. The first-order valence-electron chi connectivity index (χ1n) is 12.5. The van der Waals surface area contributed by atoms with Crippen LogP contribution in [-0.4, -0.2) is 86.9 Å². The van der Waals surface area contributed by atoms with Crippen LogP contribution in [0.5, 0.6) is 0 Å². The standard InChI is InChI=1S/C26H36N4O5/c31-22-8-13-30(24(33)21-16-27-19-28-21)12-5-4-9-26(25(34)35-18-23(22)32)10-14-29(15-11-26)17-20-6-2-1-3-7-20/h1-3,6-7,16,19,22-23,31-32H,4-5,8-15,17-18H2,(H,27,28)/t22-,23+/m0/s1. The zero-order chi connectivity index (χ0) is 24.7.